The molecule has 0 aliphatic rings. The lowest BCUT2D eigenvalue weighted by Crippen LogP contribution is -2.34. The molecule has 29 heavy (non-hydrogen) atoms. The lowest BCUT2D eigenvalue weighted by molar-refractivity contribution is -0.645. The quantitative estimate of drug-likeness (QED) is 0.239. The van der Waals surface area contributed by atoms with E-state index >= 15 is 0 Å². The van der Waals surface area contributed by atoms with Crippen molar-refractivity contribution in [3.63, 3.8) is 0 Å². The lowest BCUT2D eigenvalue weighted by atomic mass is 10.0. The third-order valence-corrected chi connectivity index (χ3v) is 5.46. The van der Waals surface area contributed by atoms with Crippen molar-refractivity contribution in [2.45, 2.75) is 0 Å². The summed E-state index contributed by atoms with van der Waals surface area (Å²) in [7, 11) is 8.58. The van der Waals surface area contributed by atoms with Crippen LogP contribution >= 0.6 is 0 Å². The van der Waals surface area contributed by atoms with E-state index in [1.54, 1.807) is 0 Å². The van der Waals surface area contributed by atoms with Crippen molar-refractivity contribution in [3.05, 3.63) is 71.9 Å². The summed E-state index contributed by atoms with van der Waals surface area (Å²) in [6.07, 6.45) is 4.31. The molecule has 1 aromatic heterocycles. The first-order valence-electron chi connectivity index (χ1n) is 9.75. The molecule has 0 atom stereocenters. The van der Waals surface area contributed by atoms with Gasteiger partial charge in [-0.15, -0.1) is 0 Å². The normalized spacial score (nSPS) is 12.3. The summed E-state index contributed by atoms with van der Waals surface area (Å²) in [5, 5.41) is 3.47. The molecule has 4 N–H and O–H groups in total. The predicted molar refractivity (Wildman–Crippen MR) is 126 cm³/mol. The number of hydrogen-bond acceptors (Lipinski definition) is 2. The van der Waals surface area contributed by atoms with Gasteiger partial charge in [-0.25, -0.2) is 0 Å². The Hall–Kier alpha value is -3.37. The average Bonchev–Trinajstić information content (AvgIpc) is 2.67. The van der Waals surface area contributed by atoms with E-state index in [2.05, 4.69) is 81.3 Å². The molecular formula is C25H28N4+2. The van der Waals surface area contributed by atoms with Gasteiger partial charge in [-0.05, 0) is 60.2 Å². The number of aromatic nitrogens is 1. The Morgan fingerprint density at radius 3 is 2.00 bits per heavy atom. The van der Waals surface area contributed by atoms with Crippen LogP contribution in [0.5, 0.6) is 0 Å². The maximum atomic E-state index is 6.12. The maximum absolute atomic E-state index is 6.12. The Labute approximate surface area is 171 Å². The Balaban J connectivity index is 1.88. The largest absolute Gasteiger partial charge is 0.399 e. The molecule has 0 aliphatic heterocycles. The van der Waals surface area contributed by atoms with Gasteiger partial charge in [0.2, 0.25) is 11.2 Å². The minimum absolute atomic E-state index is 0.758. The first-order valence-corrected chi connectivity index (χ1v) is 9.75. The van der Waals surface area contributed by atoms with Crippen LogP contribution in [0.15, 0.2) is 60.7 Å². The van der Waals surface area contributed by atoms with E-state index in [0.29, 0.717) is 0 Å². The van der Waals surface area contributed by atoms with E-state index in [1.165, 1.54) is 16.5 Å². The summed E-state index contributed by atoms with van der Waals surface area (Å²) < 4.78 is 2.99. The van der Waals surface area contributed by atoms with Crippen molar-refractivity contribution in [1.82, 2.24) is 4.48 Å². The van der Waals surface area contributed by atoms with Crippen LogP contribution in [0.1, 0.15) is 11.3 Å². The standard InChI is InChI=1S/C25H27N4/c1-28-24(14-7-17-5-10-20(11-6-17)29(2,3)4)23-15-18(26)8-12-21(23)22-13-9-19(27)16-25(22)28/h5-16,27H,26H2,1-4H3/q+1/p+1/b14-7+. The highest BCUT2D eigenvalue weighted by molar-refractivity contribution is 6.08. The second-order valence-corrected chi connectivity index (χ2v) is 8.46. The summed E-state index contributed by atoms with van der Waals surface area (Å²) in [6.45, 7) is 0. The van der Waals surface area contributed by atoms with Gasteiger partial charge in [-0.1, -0.05) is 6.07 Å². The Kier molecular flexibility index (Phi) is 4.52. The Bertz CT molecular complexity index is 1250. The molecule has 0 radical (unpaired) electrons. The van der Waals surface area contributed by atoms with Gasteiger partial charge >= 0.3 is 0 Å². The van der Waals surface area contributed by atoms with E-state index in [9.17, 15) is 0 Å². The van der Waals surface area contributed by atoms with Crippen LogP contribution in [-0.4, -0.2) is 21.1 Å². The average molecular weight is 385 g/mol. The molecular weight excluding hydrogens is 356 g/mol. The summed E-state index contributed by atoms with van der Waals surface area (Å²) in [4.78, 5) is 0. The number of aryl methyl sites for hydroxylation is 1. The molecule has 0 spiro atoms. The van der Waals surface area contributed by atoms with Crippen molar-refractivity contribution in [2.75, 3.05) is 32.6 Å². The summed E-state index contributed by atoms with van der Waals surface area (Å²) in [5.41, 5.74) is 18.3. The van der Waals surface area contributed by atoms with E-state index in [0.717, 1.165) is 38.0 Å². The van der Waals surface area contributed by atoms with Gasteiger partial charge in [-0.3, -0.25) is 4.48 Å². The molecule has 0 saturated carbocycles. The Morgan fingerprint density at radius 1 is 0.724 bits per heavy atom. The molecule has 0 fully saturated rings. The smallest absolute Gasteiger partial charge is 0.215 e. The fourth-order valence-electron chi connectivity index (χ4n) is 3.78. The summed E-state index contributed by atoms with van der Waals surface area (Å²) in [5.74, 6) is 0. The van der Waals surface area contributed by atoms with Crippen molar-refractivity contribution in [1.29, 1.82) is 0 Å². The lowest BCUT2D eigenvalue weighted by Gasteiger charge is -2.23. The van der Waals surface area contributed by atoms with Crippen molar-refractivity contribution in [2.24, 2.45) is 7.05 Å². The van der Waals surface area contributed by atoms with Crippen LogP contribution in [0.3, 0.4) is 0 Å². The van der Waals surface area contributed by atoms with Crippen molar-refractivity contribution in [3.8, 4) is 0 Å². The molecule has 0 aliphatic carbocycles. The van der Waals surface area contributed by atoms with E-state index in [1.807, 2.05) is 24.3 Å². The van der Waals surface area contributed by atoms with Gasteiger partial charge in [0, 0.05) is 28.9 Å². The fourth-order valence-corrected chi connectivity index (χ4v) is 3.78. The van der Waals surface area contributed by atoms with Gasteiger partial charge in [0.15, 0.2) is 0 Å². The highest BCUT2D eigenvalue weighted by Crippen LogP contribution is 2.29. The third kappa shape index (κ3) is 3.55. The second-order valence-electron chi connectivity index (χ2n) is 8.46. The van der Waals surface area contributed by atoms with Gasteiger partial charge < -0.3 is 11.5 Å². The van der Waals surface area contributed by atoms with Crippen LogP contribution in [0.4, 0.5) is 17.1 Å². The maximum Gasteiger partial charge on any atom is 0.215 e. The number of nitrogens with two attached hydrogens (primary N) is 2. The van der Waals surface area contributed by atoms with Crippen LogP contribution in [0, 0.1) is 0 Å². The van der Waals surface area contributed by atoms with Gasteiger partial charge in [0.25, 0.3) is 0 Å². The van der Waals surface area contributed by atoms with E-state index in [4.69, 9.17) is 11.5 Å². The number of anilines is 2. The van der Waals surface area contributed by atoms with Gasteiger partial charge in [-0.2, -0.15) is 4.57 Å². The second kappa shape index (κ2) is 6.90. The van der Waals surface area contributed by atoms with Crippen molar-refractivity contribution >= 4 is 50.9 Å². The monoisotopic (exact) mass is 384 g/mol. The molecule has 0 bridgehead atoms. The predicted octanol–water partition coefficient (Wildman–Crippen LogP) is 4.35. The third-order valence-electron chi connectivity index (χ3n) is 5.46. The topological polar surface area (TPSA) is 55.9 Å². The minimum atomic E-state index is 0.758. The molecule has 146 valence electrons. The number of rotatable bonds is 3. The van der Waals surface area contributed by atoms with Gasteiger partial charge in [0.05, 0.1) is 31.9 Å². The molecule has 0 amide bonds. The number of hydrogen-bond donors (Lipinski definition) is 2. The van der Waals surface area contributed by atoms with Crippen molar-refractivity contribution < 1.29 is 4.57 Å². The van der Waals surface area contributed by atoms with Gasteiger partial charge in [0.1, 0.15) is 12.7 Å². The number of fused-ring (bicyclic) bond motifs is 3. The molecule has 0 saturated heterocycles. The minimum Gasteiger partial charge on any atom is -0.399 e. The molecule has 1 heterocycles. The Morgan fingerprint density at radius 2 is 1.34 bits per heavy atom. The van der Waals surface area contributed by atoms with Crippen LogP contribution in [-0.2, 0) is 7.05 Å². The number of nitrogens with zero attached hydrogens (tertiary/aromatic N) is 2. The number of benzene rings is 3. The van der Waals surface area contributed by atoms with Crippen LogP contribution in [0.25, 0.3) is 33.8 Å². The first kappa shape index (κ1) is 19.0. The zero-order valence-electron chi connectivity index (χ0n) is 17.5. The summed E-state index contributed by atoms with van der Waals surface area (Å²) >= 11 is 0. The highest BCUT2D eigenvalue weighted by atomic mass is 15.3. The molecule has 4 heteroatoms. The number of nitrogen functional groups attached to an aromatic ring is 2. The van der Waals surface area contributed by atoms with E-state index < -0.39 is 0 Å². The fraction of sp³-hybridized carbons (Fsp3) is 0.160. The van der Waals surface area contributed by atoms with Crippen LogP contribution < -0.4 is 20.5 Å². The molecule has 4 aromatic rings. The summed E-state index contributed by atoms with van der Waals surface area (Å²) in [6, 6.07) is 20.8. The zero-order valence-corrected chi connectivity index (χ0v) is 17.5. The SMILES string of the molecule is C[n+]1c(/C=C/c2ccc([N+](C)(C)C)cc2)c2cc(N)ccc2c2ccc(N)cc21. The number of pyridine rings is 1. The molecule has 0 unspecified atom stereocenters. The molecule has 3 aromatic carbocycles. The van der Waals surface area contributed by atoms with E-state index in [-0.39, 0.29) is 0 Å². The number of quaternary nitrogens is 1. The molecule has 4 rings (SSSR count). The zero-order chi connectivity index (χ0) is 20.8. The van der Waals surface area contributed by atoms with Crippen LogP contribution in [0.2, 0.25) is 0 Å². The first-order chi connectivity index (χ1) is 13.7. The highest BCUT2D eigenvalue weighted by Gasteiger charge is 2.17. The molecule has 4 nitrogen and oxygen atoms in total.